The Morgan fingerprint density at radius 1 is 1.28 bits per heavy atom. The topological polar surface area (TPSA) is 63.4 Å². The zero-order valence-electron chi connectivity index (χ0n) is 9.11. The van der Waals surface area contributed by atoms with Gasteiger partial charge in [-0.15, -0.1) is 0 Å². The molecule has 0 bridgehead atoms. The summed E-state index contributed by atoms with van der Waals surface area (Å²) in [6.07, 6.45) is -5.25. The molecule has 1 aromatic rings. The molecule has 0 amide bonds. The number of aliphatic hydroxyl groups is 1. The van der Waals surface area contributed by atoms with Gasteiger partial charge in [0, 0.05) is 17.4 Å². The fourth-order valence-corrected chi connectivity index (χ4v) is 1.50. The van der Waals surface area contributed by atoms with Crippen LogP contribution in [-0.2, 0) is 5.60 Å². The standard InChI is InChI=1S/C10H9F4NO3/c1-6(15(17)18)9(16,10(12,13)14)7-2-4-8(11)5-3-7/h2-6,16H,1H3/t6-,9-/m0/s1. The van der Waals surface area contributed by atoms with Crippen molar-refractivity contribution in [2.75, 3.05) is 0 Å². The van der Waals surface area contributed by atoms with E-state index in [1.54, 1.807) is 0 Å². The van der Waals surface area contributed by atoms with Gasteiger partial charge in [0.05, 0.1) is 0 Å². The second kappa shape index (κ2) is 4.52. The maximum Gasteiger partial charge on any atom is 0.428 e. The van der Waals surface area contributed by atoms with Crippen LogP contribution < -0.4 is 0 Å². The first-order valence-corrected chi connectivity index (χ1v) is 4.79. The van der Waals surface area contributed by atoms with Crippen molar-refractivity contribution in [2.45, 2.75) is 24.7 Å². The maximum absolute atomic E-state index is 12.9. The van der Waals surface area contributed by atoms with Crippen molar-refractivity contribution in [2.24, 2.45) is 0 Å². The van der Waals surface area contributed by atoms with Gasteiger partial charge in [-0.1, -0.05) is 12.1 Å². The summed E-state index contributed by atoms with van der Waals surface area (Å²) in [7, 11) is 0. The van der Waals surface area contributed by atoms with E-state index in [0.717, 1.165) is 0 Å². The van der Waals surface area contributed by atoms with Gasteiger partial charge in [-0.3, -0.25) is 10.1 Å². The normalized spacial score (nSPS) is 17.0. The predicted octanol–water partition coefficient (Wildman–Crippen LogP) is 2.24. The fourth-order valence-electron chi connectivity index (χ4n) is 1.50. The van der Waals surface area contributed by atoms with Crippen LogP contribution in [0, 0.1) is 15.9 Å². The molecule has 0 aromatic heterocycles. The lowest BCUT2D eigenvalue weighted by atomic mass is 9.86. The van der Waals surface area contributed by atoms with Crippen LogP contribution in [0.2, 0.25) is 0 Å². The first kappa shape index (κ1) is 14.4. The molecule has 0 saturated carbocycles. The molecule has 0 radical (unpaired) electrons. The smallest absolute Gasteiger partial charge is 0.371 e. The van der Waals surface area contributed by atoms with Crippen molar-refractivity contribution in [1.29, 1.82) is 0 Å². The molecule has 0 aliphatic rings. The van der Waals surface area contributed by atoms with Crippen LogP contribution in [0.5, 0.6) is 0 Å². The summed E-state index contributed by atoms with van der Waals surface area (Å²) < 4.78 is 51.2. The molecule has 1 N–H and O–H groups in total. The minimum absolute atomic E-state index is 0.636. The van der Waals surface area contributed by atoms with E-state index in [4.69, 9.17) is 0 Å². The number of nitro groups is 1. The van der Waals surface area contributed by atoms with E-state index in [-0.39, 0.29) is 0 Å². The second-order valence-electron chi connectivity index (χ2n) is 3.73. The molecular formula is C10H9F4NO3. The Morgan fingerprint density at radius 3 is 2.06 bits per heavy atom. The average Bonchev–Trinajstić information content (AvgIpc) is 2.26. The largest absolute Gasteiger partial charge is 0.428 e. The molecule has 0 heterocycles. The second-order valence-corrected chi connectivity index (χ2v) is 3.73. The van der Waals surface area contributed by atoms with Crippen molar-refractivity contribution in [3.05, 3.63) is 45.8 Å². The number of rotatable bonds is 3. The van der Waals surface area contributed by atoms with Crippen molar-refractivity contribution in [3.8, 4) is 0 Å². The van der Waals surface area contributed by atoms with Crippen molar-refractivity contribution in [1.82, 2.24) is 0 Å². The molecule has 18 heavy (non-hydrogen) atoms. The summed E-state index contributed by atoms with van der Waals surface area (Å²) in [4.78, 5) is 9.27. The quantitative estimate of drug-likeness (QED) is 0.519. The van der Waals surface area contributed by atoms with E-state index in [1.807, 2.05) is 0 Å². The maximum atomic E-state index is 12.9. The molecule has 0 aliphatic carbocycles. The molecule has 0 saturated heterocycles. The number of benzene rings is 1. The lowest BCUT2D eigenvalue weighted by molar-refractivity contribution is -0.559. The molecule has 4 nitrogen and oxygen atoms in total. The van der Waals surface area contributed by atoms with Crippen LogP contribution in [0.3, 0.4) is 0 Å². The highest BCUT2D eigenvalue weighted by Crippen LogP contribution is 2.42. The van der Waals surface area contributed by atoms with Crippen molar-refractivity contribution >= 4 is 0 Å². The zero-order valence-corrected chi connectivity index (χ0v) is 9.11. The molecule has 0 aliphatic heterocycles. The van der Waals surface area contributed by atoms with Gasteiger partial charge in [0.2, 0.25) is 0 Å². The molecular weight excluding hydrogens is 258 g/mol. The lowest BCUT2D eigenvalue weighted by Crippen LogP contribution is -2.53. The number of hydrogen-bond donors (Lipinski definition) is 1. The van der Waals surface area contributed by atoms with E-state index in [2.05, 4.69) is 0 Å². The number of alkyl halides is 3. The van der Waals surface area contributed by atoms with E-state index < -0.39 is 34.1 Å². The van der Waals surface area contributed by atoms with Crippen LogP contribution >= 0.6 is 0 Å². The van der Waals surface area contributed by atoms with Crippen LogP contribution in [-0.4, -0.2) is 22.2 Å². The van der Waals surface area contributed by atoms with E-state index in [0.29, 0.717) is 31.2 Å². The van der Waals surface area contributed by atoms with E-state index in [9.17, 15) is 32.8 Å². The van der Waals surface area contributed by atoms with Gasteiger partial charge >= 0.3 is 6.18 Å². The Balaban J connectivity index is 3.38. The molecule has 8 heteroatoms. The third-order valence-electron chi connectivity index (χ3n) is 2.64. The lowest BCUT2D eigenvalue weighted by Gasteiger charge is -2.31. The Kier molecular flexibility index (Phi) is 3.61. The summed E-state index contributed by atoms with van der Waals surface area (Å²) in [6, 6.07) is 0.409. The van der Waals surface area contributed by atoms with Gasteiger partial charge in [0.25, 0.3) is 11.6 Å². The minimum atomic E-state index is -5.25. The highest BCUT2D eigenvalue weighted by molar-refractivity contribution is 5.26. The van der Waals surface area contributed by atoms with Gasteiger partial charge in [-0.05, 0) is 12.1 Å². The number of nitrogens with zero attached hydrogens (tertiary/aromatic N) is 1. The molecule has 0 unspecified atom stereocenters. The average molecular weight is 267 g/mol. The summed E-state index contributed by atoms with van der Waals surface area (Å²) in [5, 5.41) is 20.2. The SMILES string of the molecule is C[C@H]([N+](=O)[O-])[C@](O)(c1ccc(F)cc1)C(F)(F)F. The third kappa shape index (κ3) is 2.28. The summed E-state index contributed by atoms with van der Waals surface area (Å²) >= 11 is 0. The van der Waals surface area contributed by atoms with Crippen molar-refractivity contribution < 1.29 is 27.6 Å². The minimum Gasteiger partial charge on any atom is -0.371 e. The van der Waals surface area contributed by atoms with Gasteiger partial charge in [0.1, 0.15) is 5.82 Å². The summed E-state index contributed by atoms with van der Waals surface area (Å²) in [5.41, 5.74) is -4.44. The third-order valence-corrected chi connectivity index (χ3v) is 2.64. The van der Waals surface area contributed by atoms with Gasteiger partial charge < -0.3 is 5.11 Å². The Hall–Kier alpha value is -1.70. The Labute approximate surface area is 99.0 Å². The van der Waals surface area contributed by atoms with Crippen LogP contribution in [0.25, 0.3) is 0 Å². The Morgan fingerprint density at radius 2 is 1.72 bits per heavy atom. The molecule has 100 valence electrons. The van der Waals surface area contributed by atoms with Crippen LogP contribution in [0.4, 0.5) is 17.6 Å². The number of halogens is 4. The molecule has 0 fully saturated rings. The van der Waals surface area contributed by atoms with Crippen molar-refractivity contribution in [3.63, 3.8) is 0 Å². The van der Waals surface area contributed by atoms with Gasteiger partial charge in [0.15, 0.2) is 0 Å². The first-order valence-electron chi connectivity index (χ1n) is 4.79. The highest BCUT2D eigenvalue weighted by atomic mass is 19.4. The first-order chi connectivity index (χ1) is 8.10. The zero-order chi connectivity index (χ0) is 14.1. The van der Waals surface area contributed by atoms with Crippen LogP contribution in [0.15, 0.2) is 24.3 Å². The number of hydrogen-bond acceptors (Lipinski definition) is 3. The van der Waals surface area contributed by atoms with Gasteiger partial charge in [-0.2, -0.15) is 13.2 Å². The highest BCUT2D eigenvalue weighted by Gasteiger charge is 2.63. The molecule has 1 rings (SSSR count). The van der Waals surface area contributed by atoms with E-state index in [1.165, 1.54) is 0 Å². The molecule has 0 spiro atoms. The molecule has 1 aromatic carbocycles. The monoisotopic (exact) mass is 267 g/mol. The fraction of sp³-hybridized carbons (Fsp3) is 0.400. The van der Waals surface area contributed by atoms with Gasteiger partial charge in [-0.25, -0.2) is 4.39 Å². The molecule has 2 atom stereocenters. The Bertz CT molecular complexity index is 445. The predicted molar refractivity (Wildman–Crippen MR) is 52.8 cm³/mol. The van der Waals surface area contributed by atoms with Crippen LogP contribution in [0.1, 0.15) is 12.5 Å². The summed E-state index contributed by atoms with van der Waals surface area (Å²) in [5.74, 6) is -0.808. The summed E-state index contributed by atoms with van der Waals surface area (Å²) in [6.45, 7) is 0.636. The van der Waals surface area contributed by atoms with E-state index >= 15 is 0 Å².